The largest absolute Gasteiger partial charge is 0.339 e. The minimum Gasteiger partial charge on any atom is -0.339 e. The summed E-state index contributed by atoms with van der Waals surface area (Å²) in [4.78, 5) is 23.3. The number of hydrogen-bond donors (Lipinski definition) is 0. The van der Waals surface area contributed by atoms with Crippen LogP contribution in [-0.4, -0.2) is 37.6 Å². The summed E-state index contributed by atoms with van der Waals surface area (Å²) in [5.41, 5.74) is 5.09. The number of aromatic nitrogens is 4. The maximum atomic E-state index is 12.8. The molecule has 0 aliphatic carbocycles. The van der Waals surface area contributed by atoms with Gasteiger partial charge in [-0.3, -0.25) is 4.79 Å². The van der Waals surface area contributed by atoms with Gasteiger partial charge in [-0.05, 0) is 37.6 Å². The molecule has 0 saturated carbocycles. The molecule has 0 fully saturated rings. The molecule has 152 valence electrons. The van der Waals surface area contributed by atoms with Gasteiger partial charge in [-0.1, -0.05) is 35.9 Å². The molecule has 2 aromatic carbocycles. The molecule has 2 aromatic heterocycles. The Hall–Kier alpha value is -3.32. The average molecular weight is 418 g/mol. The van der Waals surface area contributed by atoms with Crippen molar-refractivity contribution in [2.24, 2.45) is 0 Å². The molecule has 2 heterocycles. The number of thiazole rings is 1. The zero-order chi connectivity index (χ0) is 21.1. The van der Waals surface area contributed by atoms with Crippen LogP contribution in [0.3, 0.4) is 0 Å². The van der Waals surface area contributed by atoms with Gasteiger partial charge in [-0.25, -0.2) is 14.6 Å². The van der Waals surface area contributed by atoms with Gasteiger partial charge in [0.25, 0.3) is 0 Å². The van der Waals surface area contributed by atoms with Crippen molar-refractivity contribution in [3.05, 3.63) is 83.4 Å². The minimum atomic E-state index is -0.0443. The zero-order valence-electron chi connectivity index (χ0n) is 17.2. The number of hydrogen-bond acceptors (Lipinski definition) is 5. The van der Waals surface area contributed by atoms with Gasteiger partial charge in [-0.2, -0.15) is 5.10 Å². The number of amides is 1. The lowest BCUT2D eigenvalue weighted by Crippen LogP contribution is -2.31. The number of carbonyl (C=O) groups is 1. The quantitative estimate of drug-likeness (QED) is 0.465. The van der Waals surface area contributed by atoms with E-state index in [1.54, 1.807) is 27.2 Å². The highest BCUT2D eigenvalue weighted by Crippen LogP contribution is 2.26. The van der Waals surface area contributed by atoms with E-state index in [0.29, 0.717) is 6.42 Å². The molecule has 7 heteroatoms. The molecule has 0 saturated heterocycles. The van der Waals surface area contributed by atoms with Gasteiger partial charge in [0, 0.05) is 18.0 Å². The second-order valence-electron chi connectivity index (χ2n) is 7.30. The smallest absolute Gasteiger partial charge is 0.228 e. The maximum Gasteiger partial charge on any atom is 0.228 e. The topological polar surface area (TPSA) is 63.9 Å². The molecule has 1 atom stereocenters. The number of benzene rings is 2. The maximum absolute atomic E-state index is 12.8. The molecule has 0 spiro atoms. The van der Waals surface area contributed by atoms with Crippen LogP contribution in [0, 0.1) is 6.92 Å². The summed E-state index contributed by atoms with van der Waals surface area (Å²) in [7, 11) is 1.84. The van der Waals surface area contributed by atoms with Crippen LogP contribution >= 0.6 is 11.3 Å². The van der Waals surface area contributed by atoms with Gasteiger partial charge in [0.1, 0.15) is 17.7 Å². The van der Waals surface area contributed by atoms with Crippen LogP contribution < -0.4 is 0 Å². The molecule has 0 radical (unpaired) electrons. The number of likely N-dealkylation sites (N-methyl/N-ethyl adjacent to an activating group) is 1. The van der Waals surface area contributed by atoms with Crippen LogP contribution in [0.1, 0.15) is 29.8 Å². The van der Waals surface area contributed by atoms with E-state index in [4.69, 9.17) is 0 Å². The van der Waals surface area contributed by atoms with E-state index < -0.39 is 0 Å². The number of carbonyl (C=O) groups excluding carboxylic acids is 1. The van der Waals surface area contributed by atoms with E-state index >= 15 is 0 Å². The Bertz CT molecular complexity index is 1130. The van der Waals surface area contributed by atoms with Crippen molar-refractivity contribution in [2.45, 2.75) is 26.3 Å². The normalized spacial score (nSPS) is 12.0. The summed E-state index contributed by atoms with van der Waals surface area (Å²) in [6.45, 7) is 4.10. The van der Waals surface area contributed by atoms with Gasteiger partial charge in [-0.15, -0.1) is 11.3 Å². The fourth-order valence-electron chi connectivity index (χ4n) is 3.27. The number of nitrogens with zero attached hydrogens (tertiary/aromatic N) is 5. The van der Waals surface area contributed by atoms with Crippen molar-refractivity contribution in [3.8, 4) is 16.3 Å². The monoisotopic (exact) mass is 417 g/mol. The van der Waals surface area contributed by atoms with Gasteiger partial charge in [0.2, 0.25) is 5.91 Å². The Balaban J connectivity index is 1.42. The Morgan fingerprint density at radius 3 is 2.70 bits per heavy atom. The van der Waals surface area contributed by atoms with Crippen molar-refractivity contribution >= 4 is 17.2 Å². The lowest BCUT2D eigenvalue weighted by molar-refractivity contribution is -0.131. The molecule has 6 nitrogen and oxygen atoms in total. The van der Waals surface area contributed by atoms with E-state index in [2.05, 4.69) is 40.2 Å². The Labute approximate surface area is 179 Å². The molecule has 0 N–H and O–H groups in total. The molecule has 0 aliphatic rings. The standard InChI is InChI=1S/C23H23N5OS/c1-16-5-4-6-19(11-16)23-26-20(13-30-23)12-22(29)27(3)17(2)18-7-9-21(10-8-18)28-15-24-14-25-28/h4-11,13-15,17H,12H2,1-3H3. The SMILES string of the molecule is Cc1cccc(-c2nc(CC(=O)N(C)C(C)c3ccc(-n4cncn4)cc3)cs2)c1. The van der Waals surface area contributed by atoms with Gasteiger partial charge in [0.05, 0.1) is 23.8 Å². The summed E-state index contributed by atoms with van der Waals surface area (Å²) >= 11 is 1.57. The van der Waals surface area contributed by atoms with Crippen molar-refractivity contribution in [2.75, 3.05) is 7.05 Å². The van der Waals surface area contributed by atoms with Gasteiger partial charge in [0.15, 0.2) is 0 Å². The molecular formula is C23H23N5OS. The molecule has 4 rings (SSSR count). The van der Waals surface area contributed by atoms with Crippen molar-refractivity contribution in [1.82, 2.24) is 24.6 Å². The molecule has 4 aromatic rings. The van der Waals surface area contributed by atoms with E-state index in [9.17, 15) is 4.79 Å². The first-order valence-corrected chi connectivity index (χ1v) is 10.6. The molecule has 1 unspecified atom stereocenters. The van der Waals surface area contributed by atoms with E-state index in [1.807, 2.05) is 49.7 Å². The summed E-state index contributed by atoms with van der Waals surface area (Å²) in [6, 6.07) is 16.2. The molecular weight excluding hydrogens is 394 g/mol. The first-order valence-electron chi connectivity index (χ1n) is 9.73. The second kappa shape index (κ2) is 8.59. The molecule has 30 heavy (non-hydrogen) atoms. The predicted molar refractivity (Wildman–Crippen MR) is 119 cm³/mol. The summed E-state index contributed by atoms with van der Waals surface area (Å²) in [5, 5.41) is 7.05. The molecule has 1 amide bonds. The Morgan fingerprint density at radius 1 is 1.20 bits per heavy atom. The van der Waals surface area contributed by atoms with Gasteiger partial charge >= 0.3 is 0 Å². The van der Waals surface area contributed by atoms with E-state index in [-0.39, 0.29) is 11.9 Å². The highest BCUT2D eigenvalue weighted by atomic mass is 32.1. The lowest BCUT2D eigenvalue weighted by atomic mass is 10.1. The third-order valence-electron chi connectivity index (χ3n) is 5.18. The highest BCUT2D eigenvalue weighted by Gasteiger charge is 2.19. The van der Waals surface area contributed by atoms with Crippen molar-refractivity contribution in [1.29, 1.82) is 0 Å². The number of aryl methyl sites for hydroxylation is 1. The Kier molecular flexibility index (Phi) is 5.72. The minimum absolute atomic E-state index is 0.0443. The van der Waals surface area contributed by atoms with E-state index in [1.165, 1.54) is 11.9 Å². The summed E-state index contributed by atoms with van der Waals surface area (Å²) < 4.78 is 1.71. The highest BCUT2D eigenvalue weighted by molar-refractivity contribution is 7.13. The van der Waals surface area contributed by atoms with Crippen LogP contribution in [0.2, 0.25) is 0 Å². The fourth-order valence-corrected chi connectivity index (χ4v) is 4.08. The zero-order valence-corrected chi connectivity index (χ0v) is 18.0. The predicted octanol–water partition coefficient (Wildman–Crippen LogP) is 4.46. The summed E-state index contributed by atoms with van der Waals surface area (Å²) in [5.74, 6) is 0.0453. The number of rotatable bonds is 6. The van der Waals surface area contributed by atoms with Crippen molar-refractivity contribution in [3.63, 3.8) is 0 Å². The first kappa shape index (κ1) is 20.0. The third kappa shape index (κ3) is 4.31. The van der Waals surface area contributed by atoms with Crippen LogP contribution in [0.5, 0.6) is 0 Å². The van der Waals surface area contributed by atoms with Crippen molar-refractivity contribution < 1.29 is 4.79 Å². The Morgan fingerprint density at radius 2 is 2.00 bits per heavy atom. The fraction of sp³-hybridized carbons (Fsp3) is 0.217. The summed E-state index contributed by atoms with van der Waals surface area (Å²) in [6.07, 6.45) is 3.46. The van der Waals surface area contributed by atoms with Gasteiger partial charge < -0.3 is 4.90 Å². The van der Waals surface area contributed by atoms with Crippen LogP contribution in [0.4, 0.5) is 0 Å². The van der Waals surface area contributed by atoms with Crippen LogP contribution in [-0.2, 0) is 11.2 Å². The second-order valence-corrected chi connectivity index (χ2v) is 8.16. The molecule has 0 bridgehead atoms. The third-order valence-corrected chi connectivity index (χ3v) is 6.12. The first-order chi connectivity index (χ1) is 14.5. The average Bonchev–Trinajstić information content (AvgIpc) is 3.45. The molecule has 0 aliphatic heterocycles. The van der Waals surface area contributed by atoms with Crippen LogP contribution in [0.15, 0.2) is 66.6 Å². The lowest BCUT2D eigenvalue weighted by Gasteiger charge is -2.25. The van der Waals surface area contributed by atoms with E-state index in [0.717, 1.165) is 27.5 Å². The van der Waals surface area contributed by atoms with Crippen LogP contribution in [0.25, 0.3) is 16.3 Å².